The molecule has 0 spiro atoms. The molecule has 0 radical (unpaired) electrons. The van der Waals surface area contributed by atoms with Crippen LogP contribution in [0.3, 0.4) is 0 Å². The molecule has 0 aliphatic heterocycles. The van der Waals surface area contributed by atoms with Crippen molar-refractivity contribution in [3.8, 4) is 0 Å². The van der Waals surface area contributed by atoms with E-state index in [-0.39, 0.29) is 5.03 Å². The highest BCUT2D eigenvalue weighted by Crippen LogP contribution is 2.16. The largest absolute Gasteiger partial charge is 0.319 e. The van der Waals surface area contributed by atoms with E-state index in [1.807, 2.05) is 0 Å². The van der Waals surface area contributed by atoms with Gasteiger partial charge in [-0.3, -0.25) is 5.10 Å². The van der Waals surface area contributed by atoms with E-state index in [1.54, 1.807) is 25.6 Å². The van der Waals surface area contributed by atoms with E-state index in [2.05, 4.69) is 30.4 Å². The normalized spacial score (nSPS) is 13.6. The van der Waals surface area contributed by atoms with E-state index in [0.29, 0.717) is 17.9 Å². The fraction of sp³-hybridized carbons (Fsp3) is 0.500. The van der Waals surface area contributed by atoms with Crippen LogP contribution in [-0.2, 0) is 23.6 Å². The Kier molecular flexibility index (Phi) is 4.16. The van der Waals surface area contributed by atoms with Gasteiger partial charge in [0.15, 0.2) is 5.03 Å². The average molecular weight is 299 g/mol. The van der Waals surface area contributed by atoms with Crippen molar-refractivity contribution in [1.82, 2.24) is 35.0 Å². The zero-order valence-electron chi connectivity index (χ0n) is 11.5. The Morgan fingerprint density at radius 2 is 2.25 bits per heavy atom. The Labute approximate surface area is 116 Å². The number of aryl methyl sites for hydroxylation is 1. The number of nitrogens with one attached hydrogen (secondary N) is 3. The Morgan fingerprint density at radius 1 is 1.50 bits per heavy atom. The summed E-state index contributed by atoms with van der Waals surface area (Å²) in [4.78, 5) is 0. The zero-order valence-corrected chi connectivity index (χ0v) is 12.3. The number of aromatic amines is 1. The molecule has 0 aliphatic carbocycles. The van der Waals surface area contributed by atoms with Crippen molar-refractivity contribution in [2.45, 2.75) is 24.5 Å². The van der Waals surface area contributed by atoms with Crippen LogP contribution in [0.2, 0.25) is 0 Å². The summed E-state index contributed by atoms with van der Waals surface area (Å²) in [5.41, 5.74) is 0.574. The Morgan fingerprint density at radius 3 is 2.85 bits per heavy atom. The molecule has 0 amide bonds. The summed E-state index contributed by atoms with van der Waals surface area (Å²) < 4.78 is 28.9. The maximum Gasteiger partial charge on any atom is 0.258 e. The second kappa shape index (κ2) is 5.69. The van der Waals surface area contributed by atoms with Gasteiger partial charge in [-0.1, -0.05) is 0 Å². The van der Waals surface area contributed by atoms with Crippen LogP contribution < -0.4 is 10.0 Å². The predicted molar refractivity (Wildman–Crippen MR) is 71.1 cm³/mol. The number of sulfonamides is 1. The van der Waals surface area contributed by atoms with E-state index in [0.717, 1.165) is 0 Å². The first-order valence-electron chi connectivity index (χ1n) is 5.98. The number of aromatic nitrogens is 5. The quantitative estimate of drug-likeness (QED) is 0.649. The van der Waals surface area contributed by atoms with E-state index in [9.17, 15) is 8.42 Å². The van der Waals surface area contributed by atoms with Crippen LogP contribution in [0.15, 0.2) is 17.6 Å². The van der Waals surface area contributed by atoms with Crippen LogP contribution in [0, 0.1) is 0 Å². The van der Waals surface area contributed by atoms with Gasteiger partial charge in [-0.05, 0) is 14.0 Å². The van der Waals surface area contributed by atoms with E-state index in [1.165, 1.54) is 12.5 Å². The monoisotopic (exact) mass is 299 g/mol. The summed E-state index contributed by atoms with van der Waals surface area (Å²) in [6, 6.07) is -0.502. The van der Waals surface area contributed by atoms with Crippen LogP contribution in [0.5, 0.6) is 0 Å². The number of nitrogens with zero attached hydrogens (tertiary/aromatic N) is 4. The smallest absolute Gasteiger partial charge is 0.258 e. The summed E-state index contributed by atoms with van der Waals surface area (Å²) in [7, 11) is -0.213. The van der Waals surface area contributed by atoms with Gasteiger partial charge in [0.1, 0.15) is 12.2 Å². The van der Waals surface area contributed by atoms with Crippen molar-refractivity contribution in [3.05, 3.63) is 23.9 Å². The van der Waals surface area contributed by atoms with Gasteiger partial charge in [0, 0.05) is 19.2 Å². The average Bonchev–Trinajstić information content (AvgIpc) is 2.98. The molecule has 0 saturated heterocycles. The lowest BCUT2D eigenvalue weighted by atomic mass is 10.3. The van der Waals surface area contributed by atoms with Crippen molar-refractivity contribution in [3.63, 3.8) is 0 Å². The van der Waals surface area contributed by atoms with Crippen LogP contribution in [-0.4, -0.2) is 40.4 Å². The Balaban J connectivity index is 2.23. The van der Waals surface area contributed by atoms with Crippen molar-refractivity contribution in [2.24, 2.45) is 7.05 Å². The third-order valence-electron chi connectivity index (χ3n) is 2.78. The van der Waals surface area contributed by atoms with E-state index in [4.69, 9.17) is 0 Å². The van der Waals surface area contributed by atoms with Crippen molar-refractivity contribution >= 4 is 10.0 Å². The van der Waals surface area contributed by atoms with Crippen LogP contribution in [0.1, 0.15) is 24.4 Å². The van der Waals surface area contributed by atoms with Gasteiger partial charge in [0.25, 0.3) is 10.0 Å². The topological polar surface area (TPSA) is 118 Å². The maximum atomic E-state index is 12.3. The molecular formula is C10H17N7O2S. The van der Waals surface area contributed by atoms with Gasteiger partial charge in [-0.15, -0.1) is 10.2 Å². The molecule has 110 valence electrons. The highest BCUT2D eigenvalue weighted by atomic mass is 32.2. The molecule has 0 fully saturated rings. The van der Waals surface area contributed by atoms with Crippen LogP contribution in [0.25, 0.3) is 0 Å². The lowest BCUT2D eigenvalue weighted by Crippen LogP contribution is -2.29. The highest BCUT2D eigenvalue weighted by Gasteiger charge is 2.24. The third kappa shape index (κ3) is 2.86. The number of hydrogen-bond donors (Lipinski definition) is 3. The molecule has 1 atom stereocenters. The minimum absolute atomic E-state index is 0.0564. The number of hydrogen-bond acceptors (Lipinski definition) is 6. The Bertz CT molecular complexity index is 675. The molecule has 0 bridgehead atoms. The van der Waals surface area contributed by atoms with Crippen molar-refractivity contribution < 1.29 is 8.42 Å². The second-order valence-corrected chi connectivity index (χ2v) is 6.05. The summed E-state index contributed by atoms with van der Waals surface area (Å²) in [6.45, 7) is 2.11. The number of rotatable bonds is 6. The molecule has 20 heavy (non-hydrogen) atoms. The van der Waals surface area contributed by atoms with Gasteiger partial charge >= 0.3 is 0 Å². The van der Waals surface area contributed by atoms with Crippen molar-refractivity contribution in [1.29, 1.82) is 0 Å². The third-order valence-corrected chi connectivity index (χ3v) is 4.33. The predicted octanol–water partition coefficient (Wildman–Crippen LogP) is -0.703. The fourth-order valence-electron chi connectivity index (χ4n) is 1.88. The zero-order chi connectivity index (χ0) is 14.8. The molecule has 0 aromatic carbocycles. The minimum atomic E-state index is -3.70. The first kappa shape index (κ1) is 14.6. The molecular weight excluding hydrogens is 282 g/mol. The summed E-state index contributed by atoms with van der Waals surface area (Å²) >= 11 is 0. The number of H-pyrrole nitrogens is 1. The van der Waals surface area contributed by atoms with Gasteiger partial charge in [-0.2, -0.15) is 9.82 Å². The second-order valence-electron chi connectivity index (χ2n) is 4.40. The first-order chi connectivity index (χ1) is 9.45. The lowest BCUT2D eigenvalue weighted by Gasteiger charge is -2.13. The first-order valence-corrected chi connectivity index (χ1v) is 7.47. The minimum Gasteiger partial charge on any atom is -0.319 e. The maximum absolute atomic E-state index is 12.3. The molecule has 9 nitrogen and oxygen atoms in total. The highest BCUT2D eigenvalue weighted by molar-refractivity contribution is 7.89. The van der Waals surface area contributed by atoms with Gasteiger partial charge in [-0.25, -0.2) is 8.42 Å². The fourth-order valence-corrected chi connectivity index (χ4v) is 3.21. The lowest BCUT2D eigenvalue weighted by molar-refractivity contribution is 0.548. The molecule has 2 aromatic rings. The molecule has 10 heteroatoms. The summed E-state index contributed by atoms with van der Waals surface area (Å²) in [5, 5.41) is 16.9. The standard InChI is InChI=1S/C10H17N7O2S/c1-7(9-14-13-6-17(9)3)16-20(18,19)10-8(4-11-2)5-12-15-10/h5-7,11,16H,4H2,1-3H3,(H,12,15). The van der Waals surface area contributed by atoms with E-state index < -0.39 is 16.1 Å². The van der Waals surface area contributed by atoms with Gasteiger partial charge < -0.3 is 9.88 Å². The van der Waals surface area contributed by atoms with Crippen LogP contribution in [0.4, 0.5) is 0 Å². The molecule has 2 heterocycles. The van der Waals surface area contributed by atoms with Gasteiger partial charge in [0.05, 0.1) is 12.2 Å². The summed E-state index contributed by atoms with van der Waals surface area (Å²) in [5.74, 6) is 0.531. The molecule has 2 rings (SSSR count). The van der Waals surface area contributed by atoms with E-state index >= 15 is 0 Å². The molecule has 2 aromatic heterocycles. The molecule has 0 aliphatic rings. The molecule has 1 unspecified atom stereocenters. The Hall–Kier alpha value is -1.78. The van der Waals surface area contributed by atoms with Crippen molar-refractivity contribution in [2.75, 3.05) is 7.05 Å². The SMILES string of the molecule is CNCc1cn[nH]c1S(=O)(=O)NC(C)c1nncn1C. The van der Waals surface area contributed by atoms with Crippen LogP contribution >= 0.6 is 0 Å². The summed E-state index contributed by atoms with van der Waals surface area (Å²) in [6.07, 6.45) is 3.00. The van der Waals surface area contributed by atoms with Gasteiger partial charge in [0.2, 0.25) is 0 Å². The molecule has 0 saturated carbocycles. The molecule has 3 N–H and O–H groups in total.